The summed E-state index contributed by atoms with van der Waals surface area (Å²) in [4.78, 5) is 22.4. The Kier molecular flexibility index (Phi) is 4.99. The minimum atomic E-state index is -0.460. The van der Waals surface area contributed by atoms with Crippen molar-refractivity contribution in [1.82, 2.24) is 20.8 Å². The van der Waals surface area contributed by atoms with Crippen LogP contribution in [0.1, 0.15) is 25.5 Å². The number of amides is 2. The van der Waals surface area contributed by atoms with Crippen molar-refractivity contribution in [3.63, 3.8) is 0 Å². The molecule has 1 rings (SSSR count). The zero-order chi connectivity index (χ0) is 12.7. The van der Waals surface area contributed by atoms with Gasteiger partial charge in [-0.2, -0.15) is 5.10 Å². The number of ether oxygens (including phenoxy) is 1. The highest BCUT2D eigenvalue weighted by atomic mass is 16.5. The predicted octanol–water partition coefficient (Wildman–Crippen LogP) is 0.333. The molecule has 0 radical (unpaired) electrons. The maximum absolute atomic E-state index is 11.4. The van der Waals surface area contributed by atoms with Crippen LogP contribution in [0.5, 0.6) is 0 Å². The van der Waals surface area contributed by atoms with Crippen LogP contribution in [0.3, 0.4) is 0 Å². The molecule has 1 aromatic heterocycles. The predicted molar refractivity (Wildman–Crippen MR) is 60.2 cm³/mol. The second-order valence-electron chi connectivity index (χ2n) is 3.39. The number of urea groups is 1. The van der Waals surface area contributed by atoms with E-state index < -0.39 is 12.0 Å². The lowest BCUT2D eigenvalue weighted by Crippen LogP contribution is -2.40. The normalized spacial score (nSPS) is 11.6. The molecule has 0 aromatic carbocycles. The third kappa shape index (κ3) is 4.54. The number of H-pyrrole nitrogens is 1. The van der Waals surface area contributed by atoms with E-state index in [1.807, 2.05) is 6.92 Å². The van der Waals surface area contributed by atoms with Gasteiger partial charge in [0.2, 0.25) is 0 Å². The third-order valence-corrected chi connectivity index (χ3v) is 2.07. The van der Waals surface area contributed by atoms with Crippen LogP contribution in [-0.2, 0) is 9.53 Å². The van der Waals surface area contributed by atoms with Crippen LogP contribution in [0.2, 0.25) is 0 Å². The summed E-state index contributed by atoms with van der Waals surface area (Å²) in [6, 6.07) is -0.609. The van der Waals surface area contributed by atoms with Crippen LogP contribution in [0.4, 0.5) is 4.79 Å². The van der Waals surface area contributed by atoms with E-state index in [9.17, 15) is 9.59 Å². The quantitative estimate of drug-likeness (QED) is 0.646. The van der Waals surface area contributed by atoms with Crippen LogP contribution in [0.15, 0.2) is 12.4 Å². The van der Waals surface area contributed by atoms with Gasteiger partial charge in [-0.15, -0.1) is 0 Å². The van der Waals surface area contributed by atoms with Crippen molar-refractivity contribution in [3.8, 4) is 0 Å². The summed E-state index contributed by atoms with van der Waals surface area (Å²) >= 11 is 0. The summed E-state index contributed by atoms with van der Waals surface area (Å²) in [5, 5.41) is 11.5. The number of carbonyl (C=O) groups is 2. The van der Waals surface area contributed by atoms with Crippen LogP contribution in [-0.4, -0.2) is 35.3 Å². The molecule has 7 heteroatoms. The maximum Gasteiger partial charge on any atom is 0.325 e. The summed E-state index contributed by atoms with van der Waals surface area (Å²) in [6.07, 6.45) is 3.31. The van der Waals surface area contributed by atoms with E-state index in [-0.39, 0.29) is 12.6 Å². The van der Waals surface area contributed by atoms with Crippen molar-refractivity contribution in [1.29, 1.82) is 0 Å². The molecule has 0 aliphatic rings. The molecule has 2 amide bonds. The Bertz CT molecular complexity index is 364. The van der Waals surface area contributed by atoms with Gasteiger partial charge in [-0.3, -0.25) is 9.89 Å². The molecule has 7 nitrogen and oxygen atoms in total. The number of nitrogens with zero attached hydrogens (tertiary/aromatic N) is 1. The molecule has 1 unspecified atom stereocenters. The van der Waals surface area contributed by atoms with E-state index in [0.29, 0.717) is 6.61 Å². The lowest BCUT2D eigenvalue weighted by Gasteiger charge is -2.12. The van der Waals surface area contributed by atoms with E-state index in [4.69, 9.17) is 0 Å². The highest BCUT2D eigenvalue weighted by molar-refractivity contribution is 5.80. The maximum atomic E-state index is 11.4. The van der Waals surface area contributed by atoms with Crippen molar-refractivity contribution in [2.24, 2.45) is 0 Å². The number of esters is 1. The number of aromatic amines is 1. The van der Waals surface area contributed by atoms with Gasteiger partial charge < -0.3 is 15.4 Å². The molecule has 0 aliphatic heterocycles. The number of carbonyl (C=O) groups excluding carboxylic acids is 2. The molecule has 0 saturated heterocycles. The Morgan fingerprint density at radius 2 is 2.35 bits per heavy atom. The second-order valence-corrected chi connectivity index (χ2v) is 3.39. The zero-order valence-corrected chi connectivity index (χ0v) is 9.82. The van der Waals surface area contributed by atoms with E-state index >= 15 is 0 Å². The van der Waals surface area contributed by atoms with E-state index in [2.05, 4.69) is 25.6 Å². The van der Waals surface area contributed by atoms with Gasteiger partial charge in [-0.05, 0) is 13.8 Å². The van der Waals surface area contributed by atoms with Gasteiger partial charge in [-0.25, -0.2) is 4.79 Å². The number of hydrogen-bond donors (Lipinski definition) is 3. The molecule has 94 valence electrons. The molecule has 1 atom stereocenters. The molecule has 17 heavy (non-hydrogen) atoms. The Hall–Kier alpha value is -2.05. The van der Waals surface area contributed by atoms with Crippen LogP contribution in [0.25, 0.3) is 0 Å². The fourth-order valence-electron chi connectivity index (χ4n) is 1.19. The third-order valence-electron chi connectivity index (χ3n) is 2.07. The van der Waals surface area contributed by atoms with Crippen molar-refractivity contribution >= 4 is 12.0 Å². The fraction of sp³-hybridized carbons (Fsp3) is 0.500. The molecular formula is C10H16N4O3. The van der Waals surface area contributed by atoms with Gasteiger partial charge in [0.25, 0.3) is 0 Å². The first kappa shape index (κ1) is 13.0. The van der Waals surface area contributed by atoms with Gasteiger partial charge in [0.1, 0.15) is 6.54 Å². The topological polar surface area (TPSA) is 96.1 Å². The molecule has 1 aromatic rings. The molecule has 0 spiro atoms. The van der Waals surface area contributed by atoms with Crippen LogP contribution in [0, 0.1) is 0 Å². The first-order chi connectivity index (χ1) is 8.13. The molecule has 0 bridgehead atoms. The smallest absolute Gasteiger partial charge is 0.325 e. The Labute approximate surface area is 98.9 Å². The van der Waals surface area contributed by atoms with Gasteiger partial charge in [-0.1, -0.05) is 0 Å². The summed E-state index contributed by atoms with van der Waals surface area (Å²) in [6.45, 7) is 3.68. The number of rotatable bonds is 5. The van der Waals surface area contributed by atoms with Gasteiger partial charge in [0, 0.05) is 11.8 Å². The summed E-state index contributed by atoms with van der Waals surface area (Å²) in [5.74, 6) is -0.460. The zero-order valence-electron chi connectivity index (χ0n) is 9.82. The van der Waals surface area contributed by atoms with E-state index in [1.54, 1.807) is 19.3 Å². The Morgan fingerprint density at radius 3 is 2.94 bits per heavy atom. The summed E-state index contributed by atoms with van der Waals surface area (Å²) < 4.78 is 4.67. The monoisotopic (exact) mass is 240 g/mol. The first-order valence-corrected chi connectivity index (χ1v) is 5.32. The Morgan fingerprint density at radius 1 is 1.59 bits per heavy atom. The van der Waals surface area contributed by atoms with E-state index in [0.717, 1.165) is 5.56 Å². The lowest BCUT2D eigenvalue weighted by molar-refractivity contribution is -0.141. The first-order valence-electron chi connectivity index (χ1n) is 5.32. The number of aromatic nitrogens is 2. The molecule has 0 saturated carbocycles. The average molecular weight is 240 g/mol. The molecule has 0 fully saturated rings. The van der Waals surface area contributed by atoms with Gasteiger partial charge in [0.05, 0.1) is 18.8 Å². The highest BCUT2D eigenvalue weighted by Crippen LogP contribution is 2.08. The van der Waals surface area contributed by atoms with Crippen LogP contribution >= 0.6 is 0 Å². The number of hydrogen-bond acceptors (Lipinski definition) is 4. The molecule has 0 aliphatic carbocycles. The van der Waals surface area contributed by atoms with E-state index in [1.165, 1.54) is 0 Å². The van der Waals surface area contributed by atoms with Gasteiger partial charge in [0.15, 0.2) is 0 Å². The standard InChI is InChI=1S/C10H16N4O3/c1-3-17-9(15)6-11-10(16)14-7(2)8-4-12-13-5-8/h4-5,7H,3,6H2,1-2H3,(H,12,13)(H2,11,14,16). The minimum absolute atomic E-state index is 0.141. The molecule has 3 N–H and O–H groups in total. The summed E-state index contributed by atoms with van der Waals surface area (Å²) in [7, 11) is 0. The molecule has 1 heterocycles. The largest absolute Gasteiger partial charge is 0.465 e. The van der Waals surface area contributed by atoms with Crippen molar-refractivity contribution in [2.75, 3.05) is 13.2 Å². The van der Waals surface area contributed by atoms with Crippen molar-refractivity contribution in [2.45, 2.75) is 19.9 Å². The van der Waals surface area contributed by atoms with Crippen LogP contribution < -0.4 is 10.6 Å². The minimum Gasteiger partial charge on any atom is -0.465 e. The second kappa shape index (κ2) is 6.51. The lowest BCUT2D eigenvalue weighted by atomic mass is 10.2. The van der Waals surface area contributed by atoms with Crippen molar-refractivity contribution in [3.05, 3.63) is 18.0 Å². The fourth-order valence-corrected chi connectivity index (χ4v) is 1.19. The molecular weight excluding hydrogens is 224 g/mol. The average Bonchev–Trinajstić information content (AvgIpc) is 2.80. The van der Waals surface area contributed by atoms with Crippen molar-refractivity contribution < 1.29 is 14.3 Å². The SMILES string of the molecule is CCOC(=O)CNC(=O)NC(C)c1cn[nH]c1. The van der Waals surface area contributed by atoms with Gasteiger partial charge >= 0.3 is 12.0 Å². The Balaban J connectivity index is 2.28. The highest BCUT2D eigenvalue weighted by Gasteiger charge is 2.11. The number of nitrogens with one attached hydrogen (secondary N) is 3. The summed E-state index contributed by atoms with van der Waals surface area (Å²) in [5.41, 5.74) is 0.858.